The molecule has 1 atom stereocenters. The van der Waals surface area contributed by atoms with Gasteiger partial charge in [0.2, 0.25) is 5.72 Å². The van der Waals surface area contributed by atoms with Crippen molar-refractivity contribution < 1.29 is 4.84 Å². The lowest BCUT2D eigenvalue weighted by molar-refractivity contribution is -0.155. The summed E-state index contributed by atoms with van der Waals surface area (Å²) in [6.45, 7) is 3.37. The number of nitrogens with one attached hydrogen (secondary N) is 1. The fraction of sp³-hybridized carbons (Fsp3) is 0.875. The topological polar surface area (TPSA) is 36.9 Å². The van der Waals surface area contributed by atoms with Crippen molar-refractivity contribution in [3.05, 3.63) is 0 Å². The van der Waals surface area contributed by atoms with Crippen LogP contribution in [-0.4, -0.2) is 35.0 Å². The van der Waals surface area contributed by atoms with Crippen LogP contribution >= 0.6 is 15.9 Å². The number of halogens is 1. The average Bonchev–Trinajstić information content (AvgIpc) is 2.49. The molecular formula is C8H12BrN3O. The van der Waals surface area contributed by atoms with Gasteiger partial charge in [-0.25, -0.2) is 15.3 Å². The first-order chi connectivity index (χ1) is 6.28. The molecule has 4 heterocycles. The molecule has 3 saturated heterocycles. The molecule has 4 aliphatic heterocycles. The van der Waals surface area contributed by atoms with Crippen molar-refractivity contribution in [1.29, 1.82) is 0 Å². The zero-order valence-corrected chi connectivity index (χ0v) is 8.88. The summed E-state index contributed by atoms with van der Waals surface area (Å²) >= 11 is 3.32. The predicted molar refractivity (Wildman–Crippen MR) is 52.5 cm³/mol. The van der Waals surface area contributed by atoms with Gasteiger partial charge >= 0.3 is 0 Å². The van der Waals surface area contributed by atoms with Crippen molar-refractivity contribution in [2.24, 2.45) is 10.9 Å². The Labute approximate surface area is 85.4 Å². The van der Waals surface area contributed by atoms with Crippen LogP contribution in [0.5, 0.6) is 0 Å². The zero-order chi connectivity index (χ0) is 8.89. The van der Waals surface area contributed by atoms with E-state index in [1.165, 1.54) is 25.9 Å². The lowest BCUT2D eigenvalue weighted by Crippen LogP contribution is -2.58. The van der Waals surface area contributed by atoms with Crippen LogP contribution in [0, 0.1) is 5.92 Å². The van der Waals surface area contributed by atoms with E-state index < -0.39 is 0 Å². The summed E-state index contributed by atoms with van der Waals surface area (Å²) in [5.74, 6) is 0.597. The number of rotatable bonds is 0. The molecule has 0 aliphatic carbocycles. The molecule has 4 rings (SSSR count). The second-order valence-corrected chi connectivity index (χ2v) is 4.75. The zero-order valence-electron chi connectivity index (χ0n) is 7.29. The predicted octanol–water partition coefficient (Wildman–Crippen LogP) is 0.694. The first-order valence-corrected chi connectivity index (χ1v) is 5.49. The fourth-order valence-electron chi connectivity index (χ4n) is 2.58. The Bertz CT molecular complexity index is 262. The highest BCUT2D eigenvalue weighted by atomic mass is 79.9. The largest absolute Gasteiger partial charge is 0.298 e. The lowest BCUT2D eigenvalue weighted by atomic mass is 9.81. The van der Waals surface area contributed by atoms with Gasteiger partial charge in [0.25, 0.3) is 0 Å². The number of hydrogen-bond donors (Lipinski definition) is 1. The van der Waals surface area contributed by atoms with Crippen LogP contribution in [-0.2, 0) is 4.84 Å². The quantitative estimate of drug-likeness (QED) is 0.639. The van der Waals surface area contributed by atoms with Gasteiger partial charge in [-0.05, 0) is 41.9 Å². The van der Waals surface area contributed by atoms with Gasteiger partial charge in [0.1, 0.15) is 0 Å². The van der Waals surface area contributed by atoms with Crippen molar-refractivity contribution in [2.75, 3.05) is 19.6 Å². The molecule has 0 aromatic carbocycles. The molecule has 1 spiro atoms. The van der Waals surface area contributed by atoms with E-state index in [-0.39, 0.29) is 5.72 Å². The SMILES string of the molecule is BrC1=NC2(CN3CCC2CC3)ON1. The standard InChI is InChI=1S/C8H12BrN3O/c9-7-10-8(13-11-7)5-12-3-1-6(8)2-4-12/h6H,1-5H2,(H,10,11). The summed E-state index contributed by atoms with van der Waals surface area (Å²) in [6, 6.07) is 0. The third kappa shape index (κ3) is 1.14. The molecule has 3 fully saturated rings. The van der Waals surface area contributed by atoms with E-state index >= 15 is 0 Å². The Morgan fingerprint density at radius 2 is 2.31 bits per heavy atom. The number of fused-ring (bicyclic) bond motifs is 2. The summed E-state index contributed by atoms with van der Waals surface area (Å²) < 4.78 is 0.737. The first kappa shape index (κ1) is 8.20. The van der Waals surface area contributed by atoms with Gasteiger partial charge in [0.15, 0.2) is 4.74 Å². The molecule has 1 unspecified atom stereocenters. The van der Waals surface area contributed by atoms with Gasteiger partial charge in [0, 0.05) is 5.92 Å². The highest BCUT2D eigenvalue weighted by Gasteiger charge is 2.50. The van der Waals surface area contributed by atoms with Gasteiger partial charge in [0.05, 0.1) is 6.54 Å². The van der Waals surface area contributed by atoms with Gasteiger partial charge < -0.3 is 0 Å². The van der Waals surface area contributed by atoms with Crippen molar-refractivity contribution >= 4 is 20.7 Å². The fourth-order valence-corrected chi connectivity index (χ4v) is 2.96. The third-order valence-electron chi connectivity index (χ3n) is 3.28. The number of nitrogens with zero attached hydrogens (tertiary/aromatic N) is 2. The van der Waals surface area contributed by atoms with Gasteiger partial charge in [-0.2, -0.15) is 0 Å². The molecule has 72 valence electrons. The minimum absolute atomic E-state index is 0.282. The summed E-state index contributed by atoms with van der Waals surface area (Å²) in [7, 11) is 0. The average molecular weight is 246 g/mol. The number of aliphatic imine (C=N–C) groups is 1. The second kappa shape index (κ2) is 2.68. The maximum Gasteiger partial charge on any atom is 0.203 e. The van der Waals surface area contributed by atoms with Crippen LogP contribution in [0.1, 0.15) is 12.8 Å². The molecule has 0 aromatic heterocycles. The monoisotopic (exact) mass is 245 g/mol. The summed E-state index contributed by atoms with van der Waals surface area (Å²) in [5, 5.41) is 0. The molecule has 13 heavy (non-hydrogen) atoms. The highest BCUT2D eigenvalue weighted by molar-refractivity contribution is 9.18. The van der Waals surface area contributed by atoms with Gasteiger partial charge in [-0.3, -0.25) is 4.90 Å². The van der Waals surface area contributed by atoms with E-state index in [2.05, 4.69) is 31.3 Å². The van der Waals surface area contributed by atoms with Crippen LogP contribution in [0.3, 0.4) is 0 Å². The normalized spacial score (nSPS) is 47.9. The lowest BCUT2D eigenvalue weighted by Gasteiger charge is -2.47. The molecule has 0 aromatic rings. The summed E-state index contributed by atoms with van der Waals surface area (Å²) in [6.07, 6.45) is 2.43. The van der Waals surface area contributed by atoms with E-state index in [0.717, 1.165) is 11.3 Å². The highest BCUT2D eigenvalue weighted by Crippen LogP contribution is 2.40. The second-order valence-electron chi connectivity index (χ2n) is 4.00. The molecule has 0 amide bonds. The van der Waals surface area contributed by atoms with Gasteiger partial charge in [-0.1, -0.05) is 0 Å². The Morgan fingerprint density at radius 3 is 2.77 bits per heavy atom. The van der Waals surface area contributed by atoms with Crippen LogP contribution in [0.15, 0.2) is 4.99 Å². The molecule has 2 bridgehead atoms. The van der Waals surface area contributed by atoms with Crippen LogP contribution in [0.4, 0.5) is 0 Å². The molecule has 4 aliphatic rings. The molecule has 1 N–H and O–H groups in total. The number of piperidine rings is 3. The van der Waals surface area contributed by atoms with E-state index in [1.807, 2.05) is 0 Å². The van der Waals surface area contributed by atoms with Crippen molar-refractivity contribution in [3.63, 3.8) is 0 Å². The first-order valence-electron chi connectivity index (χ1n) is 4.70. The van der Waals surface area contributed by atoms with E-state index in [0.29, 0.717) is 5.92 Å². The number of hydrogen-bond acceptors (Lipinski definition) is 4. The van der Waals surface area contributed by atoms with Crippen LogP contribution < -0.4 is 5.48 Å². The van der Waals surface area contributed by atoms with Crippen LogP contribution in [0.25, 0.3) is 0 Å². The Kier molecular flexibility index (Phi) is 1.69. The van der Waals surface area contributed by atoms with Crippen molar-refractivity contribution in [1.82, 2.24) is 10.4 Å². The third-order valence-corrected chi connectivity index (χ3v) is 3.61. The molecule has 0 radical (unpaired) electrons. The maximum atomic E-state index is 5.59. The van der Waals surface area contributed by atoms with E-state index in [9.17, 15) is 0 Å². The van der Waals surface area contributed by atoms with Crippen molar-refractivity contribution in [3.8, 4) is 0 Å². The smallest absolute Gasteiger partial charge is 0.203 e. The Morgan fingerprint density at radius 1 is 1.54 bits per heavy atom. The molecular weight excluding hydrogens is 234 g/mol. The number of amidine groups is 1. The van der Waals surface area contributed by atoms with Gasteiger partial charge in [-0.15, -0.1) is 0 Å². The number of hydroxylamine groups is 1. The molecule has 0 saturated carbocycles. The molecule has 4 nitrogen and oxygen atoms in total. The van der Waals surface area contributed by atoms with E-state index in [4.69, 9.17) is 4.84 Å². The summed E-state index contributed by atoms with van der Waals surface area (Å²) in [5.41, 5.74) is 2.52. The minimum Gasteiger partial charge on any atom is -0.298 e. The molecule has 5 heteroatoms. The van der Waals surface area contributed by atoms with Crippen molar-refractivity contribution in [2.45, 2.75) is 18.6 Å². The van der Waals surface area contributed by atoms with Crippen LogP contribution in [0.2, 0.25) is 0 Å². The minimum atomic E-state index is -0.282. The Balaban J connectivity index is 1.92. The Hall–Kier alpha value is -0.130. The van der Waals surface area contributed by atoms with E-state index in [1.54, 1.807) is 0 Å². The maximum absolute atomic E-state index is 5.59. The summed E-state index contributed by atoms with van der Waals surface area (Å²) in [4.78, 5) is 12.5.